The topological polar surface area (TPSA) is 80.9 Å². The zero-order valence-corrected chi connectivity index (χ0v) is 24.5. The second-order valence-corrected chi connectivity index (χ2v) is 11.7. The number of nitrogens with zero attached hydrogens (tertiary/aromatic N) is 3. The van der Waals surface area contributed by atoms with E-state index < -0.39 is 6.04 Å². The molecule has 0 unspecified atom stereocenters. The molecule has 2 heterocycles. The first-order valence-corrected chi connectivity index (χ1v) is 14.5. The Bertz CT molecular complexity index is 1320. The fraction of sp³-hybridized carbons (Fsp3) is 0.438. The largest absolute Gasteiger partial charge is 0.493 e. The van der Waals surface area contributed by atoms with Gasteiger partial charge in [-0.3, -0.25) is 9.69 Å². The minimum Gasteiger partial charge on any atom is -0.493 e. The first-order valence-electron chi connectivity index (χ1n) is 14.1. The number of aromatic nitrogens is 1. The lowest BCUT2D eigenvalue weighted by atomic mass is 9.86. The van der Waals surface area contributed by atoms with Crippen LogP contribution in [0, 0.1) is 5.92 Å². The SMILES string of the molecule is COc1cc2c(cc1OC(C)C)[C@H](c1ccc(Cl)cc1)N(c1ccc(N(C)CC3CCC(N)CC3)cn1)C(=O)C2. The molecule has 0 bridgehead atoms. The number of nitrogens with two attached hydrogens (primary N) is 1. The van der Waals surface area contributed by atoms with Crippen LogP contribution < -0.4 is 25.0 Å². The maximum atomic E-state index is 13.7. The molecule has 1 saturated carbocycles. The van der Waals surface area contributed by atoms with Gasteiger partial charge in [-0.15, -0.1) is 0 Å². The number of carbonyl (C=O) groups excluding carboxylic acids is 1. The van der Waals surface area contributed by atoms with E-state index in [1.807, 2.05) is 62.5 Å². The summed E-state index contributed by atoms with van der Waals surface area (Å²) >= 11 is 6.24. The molecule has 5 rings (SSSR count). The molecule has 1 fully saturated rings. The lowest BCUT2D eigenvalue weighted by molar-refractivity contribution is -0.118. The van der Waals surface area contributed by atoms with E-state index in [0.29, 0.717) is 34.3 Å². The molecule has 2 N–H and O–H groups in total. The quantitative estimate of drug-likeness (QED) is 0.354. The summed E-state index contributed by atoms with van der Waals surface area (Å²) in [6, 6.07) is 15.5. The van der Waals surface area contributed by atoms with E-state index in [4.69, 9.17) is 31.8 Å². The Balaban J connectivity index is 1.49. The van der Waals surface area contributed by atoms with Crippen molar-refractivity contribution in [3.05, 3.63) is 76.4 Å². The number of hydrogen-bond donors (Lipinski definition) is 1. The van der Waals surface area contributed by atoms with E-state index >= 15 is 0 Å². The average Bonchev–Trinajstić information content (AvgIpc) is 2.94. The summed E-state index contributed by atoms with van der Waals surface area (Å²) < 4.78 is 11.7. The molecular formula is C32H39ClN4O3. The van der Waals surface area contributed by atoms with E-state index in [2.05, 4.69) is 18.0 Å². The zero-order chi connectivity index (χ0) is 28.4. The molecule has 1 aromatic heterocycles. The molecule has 3 aromatic rings. The van der Waals surface area contributed by atoms with E-state index in [1.54, 1.807) is 12.0 Å². The van der Waals surface area contributed by atoms with Gasteiger partial charge in [-0.1, -0.05) is 23.7 Å². The molecule has 1 aliphatic carbocycles. The van der Waals surface area contributed by atoms with Crippen LogP contribution >= 0.6 is 11.6 Å². The van der Waals surface area contributed by atoms with Crippen molar-refractivity contribution in [1.29, 1.82) is 0 Å². The van der Waals surface area contributed by atoms with Crippen LogP contribution in [0.4, 0.5) is 11.5 Å². The average molecular weight is 563 g/mol. The Morgan fingerprint density at radius 1 is 1.07 bits per heavy atom. The maximum Gasteiger partial charge on any atom is 0.233 e. The molecule has 0 spiro atoms. The number of benzene rings is 2. The van der Waals surface area contributed by atoms with Crippen LogP contribution in [0.3, 0.4) is 0 Å². The maximum absolute atomic E-state index is 13.7. The second kappa shape index (κ2) is 12.1. The standard InChI is InChI=1S/C32H39ClN4O3/c1-20(2)40-29-17-27-23(15-28(29)39-4)16-31(38)37(32(27)22-7-9-24(33)10-8-22)30-14-13-26(18-35-30)36(3)19-21-5-11-25(34)12-6-21/h7-10,13-15,17-18,20-21,25,32H,5-6,11-12,16,19,34H2,1-4H3/t21?,25?,32-/m0/s1. The first-order chi connectivity index (χ1) is 19.2. The molecule has 0 saturated heterocycles. The van der Waals surface area contributed by atoms with Crippen molar-refractivity contribution in [2.45, 2.75) is 64.1 Å². The Labute approximate surface area is 242 Å². The van der Waals surface area contributed by atoms with E-state index in [9.17, 15) is 4.79 Å². The van der Waals surface area contributed by atoms with Crippen molar-refractivity contribution in [3.63, 3.8) is 0 Å². The summed E-state index contributed by atoms with van der Waals surface area (Å²) in [5.74, 6) is 2.49. The molecule has 2 aromatic carbocycles. The van der Waals surface area contributed by atoms with Crippen molar-refractivity contribution in [1.82, 2.24) is 4.98 Å². The molecule has 1 aliphatic heterocycles. The van der Waals surface area contributed by atoms with Gasteiger partial charge in [0.15, 0.2) is 11.5 Å². The Morgan fingerprint density at radius 3 is 2.42 bits per heavy atom. The second-order valence-electron chi connectivity index (χ2n) is 11.3. The number of halogens is 1. The third-order valence-corrected chi connectivity index (χ3v) is 8.23. The van der Waals surface area contributed by atoms with Crippen LogP contribution in [0.1, 0.15) is 62.3 Å². The van der Waals surface area contributed by atoms with Gasteiger partial charge in [-0.05, 0) is 98.5 Å². The molecule has 1 atom stereocenters. The number of methoxy groups -OCH3 is 1. The van der Waals surface area contributed by atoms with Crippen LogP contribution in [0.25, 0.3) is 0 Å². The highest BCUT2D eigenvalue weighted by molar-refractivity contribution is 6.30. The lowest BCUT2D eigenvalue weighted by Gasteiger charge is -2.37. The molecule has 212 valence electrons. The molecule has 7 nitrogen and oxygen atoms in total. The summed E-state index contributed by atoms with van der Waals surface area (Å²) in [5, 5.41) is 0.640. The third-order valence-electron chi connectivity index (χ3n) is 7.98. The Kier molecular flexibility index (Phi) is 8.52. The van der Waals surface area contributed by atoms with Crippen molar-refractivity contribution in [2.24, 2.45) is 11.7 Å². The number of fused-ring (bicyclic) bond motifs is 1. The highest BCUT2D eigenvalue weighted by atomic mass is 35.5. The van der Waals surface area contributed by atoms with E-state index in [0.717, 1.165) is 54.6 Å². The highest BCUT2D eigenvalue weighted by Gasteiger charge is 2.37. The van der Waals surface area contributed by atoms with Crippen LogP contribution in [0.2, 0.25) is 5.02 Å². The lowest BCUT2D eigenvalue weighted by Crippen LogP contribution is -2.41. The van der Waals surface area contributed by atoms with Crippen molar-refractivity contribution in [2.75, 3.05) is 30.5 Å². The molecule has 1 amide bonds. The van der Waals surface area contributed by atoms with Gasteiger partial charge in [0.2, 0.25) is 5.91 Å². The van der Waals surface area contributed by atoms with Gasteiger partial charge in [0.05, 0.1) is 37.6 Å². The fourth-order valence-corrected chi connectivity index (χ4v) is 6.03. The van der Waals surface area contributed by atoms with Gasteiger partial charge in [0.1, 0.15) is 5.82 Å². The van der Waals surface area contributed by atoms with Crippen molar-refractivity contribution >= 4 is 29.0 Å². The monoisotopic (exact) mass is 562 g/mol. The smallest absolute Gasteiger partial charge is 0.233 e. The van der Waals surface area contributed by atoms with Crippen molar-refractivity contribution in [3.8, 4) is 11.5 Å². The van der Waals surface area contributed by atoms with E-state index in [-0.39, 0.29) is 18.4 Å². The summed E-state index contributed by atoms with van der Waals surface area (Å²) in [7, 11) is 3.72. The van der Waals surface area contributed by atoms with Crippen LogP contribution in [-0.4, -0.2) is 43.7 Å². The molecule has 8 heteroatoms. The van der Waals surface area contributed by atoms with Crippen LogP contribution in [0.5, 0.6) is 11.5 Å². The number of hydrogen-bond acceptors (Lipinski definition) is 6. The Morgan fingerprint density at radius 2 is 1.80 bits per heavy atom. The zero-order valence-electron chi connectivity index (χ0n) is 23.8. The number of anilines is 2. The molecule has 0 radical (unpaired) electrons. The summed E-state index contributed by atoms with van der Waals surface area (Å²) in [6.45, 7) is 4.94. The normalized spacial score (nSPS) is 20.8. The first kappa shape index (κ1) is 28.2. The summed E-state index contributed by atoms with van der Waals surface area (Å²) in [6.07, 6.45) is 6.59. The molecular weight excluding hydrogens is 524 g/mol. The fourth-order valence-electron chi connectivity index (χ4n) is 5.91. The van der Waals surface area contributed by atoms with Crippen molar-refractivity contribution < 1.29 is 14.3 Å². The predicted octanol–water partition coefficient (Wildman–Crippen LogP) is 6.16. The molecule has 2 aliphatic rings. The minimum atomic E-state index is -0.392. The number of pyridine rings is 1. The number of carbonyl (C=O) groups is 1. The van der Waals surface area contributed by atoms with E-state index in [1.165, 1.54) is 0 Å². The highest BCUT2D eigenvalue weighted by Crippen LogP contribution is 2.43. The predicted molar refractivity (Wildman–Crippen MR) is 161 cm³/mol. The Hall–Kier alpha value is -3.29. The number of amides is 1. The minimum absolute atomic E-state index is 0.0285. The van der Waals surface area contributed by atoms with Gasteiger partial charge in [-0.25, -0.2) is 4.98 Å². The van der Waals surface area contributed by atoms with Gasteiger partial charge in [-0.2, -0.15) is 0 Å². The van der Waals surface area contributed by atoms with Crippen LogP contribution in [0.15, 0.2) is 54.7 Å². The van der Waals surface area contributed by atoms with Gasteiger partial charge >= 0.3 is 0 Å². The van der Waals surface area contributed by atoms with Gasteiger partial charge in [0, 0.05) is 24.7 Å². The van der Waals surface area contributed by atoms with Gasteiger partial charge in [0.25, 0.3) is 0 Å². The van der Waals surface area contributed by atoms with Gasteiger partial charge < -0.3 is 20.1 Å². The van der Waals surface area contributed by atoms with Crippen LogP contribution in [-0.2, 0) is 11.2 Å². The number of rotatable bonds is 8. The summed E-state index contributed by atoms with van der Waals surface area (Å²) in [4.78, 5) is 22.6. The third kappa shape index (κ3) is 6.06. The summed E-state index contributed by atoms with van der Waals surface area (Å²) in [5.41, 5.74) is 9.97. The number of ether oxygens (including phenoxy) is 2. The molecule has 40 heavy (non-hydrogen) atoms.